The fourth-order valence-corrected chi connectivity index (χ4v) is 7.60. The fourth-order valence-electron chi connectivity index (χ4n) is 6.09. The number of methoxy groups -OCH3 is 1. The van der Waals surface area contributed by atoms with Crippen molar-refractivity contribution in [2.24, 2.45) is 5.92 Å². The first-order chi connectivity index (χ1) is 20.2. The van der Waals surface area contributed by atoms with Crippen molar-refractivity contribution in [3.05, 3.63) is 59.8 Å². The molecule has 2 aromatic heterocycles. The average Bonchev–Trinajstić information content (AvgIpc) is 3.66. The second kappa shape index (κ2) is 11.7. The minimum atomic E-state index is -3.41. The molecule has 0 bridgehead atoms. The molecular weight excluding hydrogens is 550 g/mol. The Kier molecular flexibility index (Phi) is 7.97. The van der Waals surface area contributed by atoms with Crippen LogP contribution in [-0.2, 0) is 9.84 Å². The molecule has 3 heterocycles. The lowest BCUT2D eigenvalue weighted by Crippen LogP contribution is -2.41. The number of fused-ring (bicyclic) bond motifs is 1. The van der Waals surface area contributed by atoms with Gasteiger partial charge in [0.25, 0.3) is 0 Å². The molecular formula is C31H41N7O3S. The van der Waals surface area contributed by atoms with Crippen LogP contribution in [0.5, 0.6) is 5.75 Å². The van der Waals surface area contributed by atoms with Crippen LogP contribution in [0.1, 0.15) is 56.6 Å². The number of anilines is 3. The van der Waals surface area contributed by atoms with Crippen LogP contribution in [0.2, 0.25) is 0 Å². The molecule has 0 radical (unpaired) electrons. The van der Waals surface area contributed by atoms with E-state index < -0.39 is 26.4 Å². The monoisotopic (exact) mass is 591 g/mol. The predicted molar refractivity (Wildman–Crippen MR) is 166 cm³/mol. The van der Waals surface area contributed by atoms with Gasteiger partial charge < -0.3 is 20.3 Å². The second-order valence-electron chi connectivity index (χ2n) is 12.1. The molecule has 10 nitrogen and oxygen atoms in total. The van der Waals surface area contributed by atoms with Crippen molar-refractivity contribution in [2.45, 2.75) is 68.9 Å². The number of ether oxygens (including phenoxy) is 1. The van der Waals surface area contributed by atoms with Gasteiger partial charge in [-0.15, -0.1) is 0 Å². The SMILES string of the molecule is COc1cc(C2CCN(CC3CC3)CC2)c(C)cc1Nc1nc(NC2C=CC=CC2S(=O)(=O)C(C)C)n2nccc2n1. The Morgan fingerprint density at radius 3 is 2.55 bits per heavy atom. The molecule has 1 aliphatic heterocycles. The van der Waals surface area contributed by atoms with Crippen molar-refractivity contribution in [2.75, 3.05) is 37.4 Å². The van der Waals surface area contributed by atoms with E-state index in [1.165, 1.54) is 30.5 Å². The smallest absolute Gasteiger partial charge is 0.232 e. The van der Waals surface area contributed by atoms with E-state index in [9.17, 15) is 8.42 Å². The number of sulfone groups is 1. The van der Waals surface area contributed by atoms with Crippen molar-refractivity contribution in [3.63, 3.8) is 0 Å². The van der Waals surface area contributed by atoms with E-state index in [-0.39, 0.29) is 0 Å². The van der Waals surface area contributed by atoms with E-state index in [0.717, 1.165) is 43.3 Å². The summed E-state index contributed by atoms with van der Waals surface area (Å²) in [6.45, 7) is 9.14. The summed E-state index contributed by atoms with van der Waals surface area (Å²) in [7, 11) is -1.72. The normalized spacial score (nSPS) is 21.7. The highest BCUT2D eigenvalue weighted by atomic mass is 32.2. The summed E-state index contributed by atoms with van der Waals surface area (Å²) in [6, 6.07) is 5.56. The Labute approximate surface area is 248 Å². The summed E-state index contributed by atoms with van der Waals surface area (Å²) in [6.07, 6.45) is 14.0. The van der Waals surface area contributed by atoms with Crippen molar-refractivity contribution in [1.82, 2.24) is 24.5 Å². The Bertz CT molecular complexity index is 1600. The Hall–Kier alpha value is -3.44. The summed E-state index contributed by atoms with van der Waals surface area (Å²) in [5, 5.41) is 9.81. The molecule has 2 unspecified atom stereocenters. The first-order valence-corrected chi connectivity index (χ1v) is 16.6. The zero-order valence-corrected chi connectivity index (χ0v) is 25.6. The van der Waals surface area contributed by atoms with Gasteiger partial charge in [0.1, 0.15) is 11.0 Å². The summed E-state index contributed by atoms with van der Waals surface area (Å²) in [5.74, 6) is 2.95. The molecule has 0 amide bonds. The number of piperidine rings is 1. The van der Waals surface area contributed by atoms with Crippen LogP contribution < -0.4 is 15.4 Å². The second-order valence-corrected chi connectivity index (χ2v) is 14.7. The molecule has 2 N–H and O–H groups in total. The zero-order valence-electron chi connectivity index (χ0n) is 24.8. The molecule has 224 valence electrons. The van der Waals surface area contributed by atoms with Gasteiger partial charge in [-0.3, -0.25) is 0 Å². The quantitative estimate of drug-likeness (QED) is 0.341. The van der Waals surface area contributed by atoms with Gasteiger partial charge in [-0.25, -0.2) is 8.42 Å². The van der Waals surface area contributed by atoms with Gasteiger partial charge in [-0.05, 0) is 94.6 Å². The Balaban J connectivity index is 1.24. The van der Waals surface area contributed by atoms with Gasteiger partial charge in [0.05, 0.1) is 30.3 Å². The molecule has 1 saturated carbocycles. The molecule has 1 saturated heterocycles. The fraction of sp³-hybridized carbons (Fsp3) is 0.516. The number of nitrogens with zero attached hydrogens (tertiary/aromatic N) is 5. The van der Waals surface area contributed by atoms with Crippen molar-refractivity contribution in [3.8, 4) is 5.75 Å². The Morgan fingerprint density at radius 1 is 1.07 bits per heavy atom. The third-order valence-corrected chi connectivity index (χ3v) is 11.3. The van der Waals surface area contributed by atoms with E-state index in [0.29, 0.717) is 23.5 Å². The number of aromatic nitrogens is 4. The van der Waals surface area contributed by atoms with Crippen molar-refractivity contribution < 1.29 is 13.2 Å². The van der Waals surface area contributed by atoms with Crippen LogP contribution in [0, 0.1) is 12.8 Å². The highest BCUT2D eigenvalue weighted by molar-refractivity contribution is 7.92. The maximum Gasteiger partial charge on any atom is 0.232 e. The lowest BCUT2D eigenvalue weighted by Gasteiger charge is -2.33. The number of rotatable bonds is 10. The number of hydrogen-bond acceptors (Lipinski definition) is 9. The summed E-state index contributed by atoms with van der Waals surface area (Å²) < 4.78 is 33.6. The van der Waals surface area contributed by atoms with E-state index in [1.807, 2.05) is 12.2 Å². The van der Waals surface area contributed by atoms with Crippen LogP contribution in [0.3, 0.4) is 0 Å². The highest BCUT2D eigenvalue weighted by Crippen LogP contribution is 2.38. The van der Waals surface area contributed by atoms with Crippen LogP contribution in [-0.4, -0.2) is 76.2 Å². The molecule has 2 fully saturated rings. The minimum absolute atomic E-state index is 0.364. The number of nitrogens with one attached hydrogen (secondary N) is 2. The number of aryl methyl sites for hydroxylation is 1. The number of benzene rings is 1. The molecule has 0 spiro atoms. The molecule has 6 rings (SSSR count). The lowest BCUT2D eigenvalue weighted by atomic mass is 9.86. The van der Waals surface area contributed by atoms with Gasteiger partial charge in [0.15, 0.2) is 15.5 Å². The minimum Gasteiger partial charge on any atom is -0.495 e. The van der Waals surface area contributed by atoms with E-state index in [1.54, 1.807) is 49.9 Å². The molecule has 3 aromatic rings. The van der Waals surface area contributed by atoms with Gasteiger partial charge in [0.2, 0.25) is 11.9 Å². The third-order valence-electron chi connectivity index (χ3n) is 8.75. The van der Waals surface area contributed by atoms with Crippen LogP contribution in [0.4, 0.5) is 17.6 Å². The lowest BCUT2D eigenvalue weighted by molar-refractivity contribution is 0.204. The topological polar surface area (TPSA) is 114 Å². The van der Waals surface area contributed by atoms with Gasteiger partial charge in [-0.2, -0.15) is 19.6 Å². The molecule has 42 heavy (non-hydrogen) atoms. The van der Waals surface area contributed by atoms with Gasteiger partial charge in [0, 0.05) is 12.6 Å². The zero-order chi connectivity index (χ0) is 29.4. The van der Waals surface area contributed by atoms with Crippen LogP contribution in [0.15, 0.2) is 48.7 Å². The third kappa shape index (κ3) is 5.89. The van der Waals surface area contributed by atoms with Crippen molar-refractivity contribution >= 4 is 33.1 Å². The van der Waals surface area contributed by atoms with Crippen LogP contribution >= 0.6 is 0 Å². The predicted octanol–water partition coefficient (Wildman–Crippen LogP) is 4.87. The number of hydrogen-bond donors (Lipinski definition) is 2. The molecule has 3 aliphatic rings. The van der Waals surface area contributed by atoms with E-state index in [4.69, 9.17) is 9.72 Å². The summed E-state index contributed by atoms with van der Waals surface area (Å²) in [5.41, 5.74) is 3.91. The van der Waals surface area contributed by atoms with Crippen molar-refractivity contribution in [1.29, 1.82) is 0 Å². The average molecular weight is 592 g/mol. The largest absolute Gasteiger partial charge is 0.495 e. The van der Waals surface area contributed by atoms with Gasteiger partial charge >= 0.3 is 0 Å². The Morgan fingerprint density at radius 2 is 1.83 bits per heavy atom. The first-order valence-electron chi connectivity index (χ1n) is 15.0. The molecule has 11 heteroatoms. The summed E-state index contributed by atoms with van der Waals surface area (Å²) in [4.78, 5) is 12.0. The molecule has 2 atom stereocenters. The maximum atomic E-state index is 13.1. The van der Waals surface area contributed by atoms with Crippen LogP contribution in [0.25, 0.3) is 5.65 Å². The highest BCUT2D eigenvalue weighted by Gasteiger charge is 2.34. The first kappa shape index (κ1) is 28.7. The van der Waals surface area contributed by atoms with E-state index in [2.05, 4.69) is 44.7 Å². The molecule has 2 aliphatic carbocycles. The number of likely N-dealkylation sites (tertiary alicyclic amines) is 1. The summed E-state index contributed by atoms with van der Waals surface area (Å²) >= 11 is 0. The number of allylic oxidation sites excluding steroid dienone is 2. The standard InChI is InChI=1S/C31H41N7O3S/c1-20(2)42(39,40)28-8-6-5-7-25(28)34-31-36-30(35-29-11-14-32-38(29)31)33-26-17-21(3)24(18-27(26)41-4)23-12-15-37(16-13-23)19-22-9-10-22/h5-8,11,14,17-18,20,22-23,25,28H,9-10,12-13,15-16,19H2,1-4H3,(H2,33,34,35,36). The maximum absolute atomic E-state index is 13.1. The van der Waals surface area contributed by atoms with Gasteiger partial charge in [-0.1, -0.05) is 24.3 Å². The van der Waals surface area contributed by atoms with E-state index >= 15 is 0 Å². The molecule has 1 aromatic carbocycles.